The summed E-state index contributed by atoms with van der Waals surface area (Å²) in [6, 6.07) is 11.3. The smallest absolute Gasteiger partial charge is 0.327 e. The Hall–Kier alpha value is -3.29. The van der Waals surface area contributed by atoms with Crippen LogP contribution in [-0.2, 0) is 22.8 Å². The van der Waals surface area contributed by atoms with Gasteiger partial charge in [0.15, 0.2) is 6.73 Å². The number of fused-ring (bicyclic) bond motifs is 1. The van der Waals surface area contributed by atoms with Gasteiger partial charge in [0.25, 0.3) is 11.1 Å². The summed E-state index contributed by atoms with van der Waals surface area (Å²) >= 11 is 0. The molecule has 8 nitrogen and oxygen atoms in total. The molecule has 0 aliphatic carbocycles. The van der Waals surface area contributed by atoms with Crippen LogP contribution in [0.1, 0.15) is 0 Å². The van der Waals surface area contributed by atoms with E-state index in [1.807, 2.05) is 0 Å². The molecule has 116 valence electrons. The molecule has 3 aromatic rings. The summed E-state index contributed by atoms with van der Waals surface area (Å²) < 4.78 is 7.14. The van der Waals surface area contributed by atoms with Crippen molar-refractivity contribution in [2.75, 3.05) is 0 Å². The first-order chi connectivity index (χ1) is 11.1. The molecular weight excluding hydrogens is 300 g/mol. The van der Waals surface area contributed by atoms with E-state index in [2.05, 4.69) is 10.3 Å². The first-order valence-electron chi connectivity index (χ1n) is 6.79. The lowest BCUT2D eigenvalue weighted by Crippen LogP contribution is -2.29. The number of aromatic nitrogens is 4. The van der Waals surface area contributed by atoms with Crippen molar-refractivity contribution in [3.8, 4) is 0 Å². The zero-order chi connectivity index (χ0) is 16.2. The molecule has 0 unspecified atom stereocenters. The molecule has 1 aromatic carbocycles. The highest BCUT2D eigenvalue weighted by atomic mass is 16.5. The summed E-state index contributed by atoms with van der Waals surface area (Å²) in [4.78, 5) is 35.4. The molecule has 0 saturated heterocycles. The molecule has 0 radical (unpaired) electrons. The molecule has 0 aliphatic rings. The van der Waals surface area contributed by atoms with Crippen LogP contribution in [0.15, 0.2) is 58.3 Å². The average molecular weight is 312 g/mol. The van der Waals surface area contributed by atoms with Gasteiger partial charge in [-0.25, -0.2) is 0 Å². The molecule has 0 saturated carbocycles. The molecule has 0 spiro atoms. The van der Waals surface area contributed by atoms with Crippen molar-refractivity contribution in [2.45, 2.75) is 13.3 Å². The second-order valence-electron chi connectivity index (χ2n) is 4.72. The maximum absolute atomic E-state index is 12.2. The lowest BCUT2D eigenvalue weighted by Gasteiger charge is -2.07. The van der Waals surface area contributed by atoms with E-state index in [1.54, 1.807) is 36.4 Å². The fourth-order valence-electron chi connectivity index (χ4n) is 2.02. The predicted octanol–water partition coefficient (Wildman–Crippen LogP) is 0.154. The third-order valence-corrected chi connectivity index (χ3v) is 3.18. The van der Waals surface area contributed by atoms with Gasteiger partial charge in [-0.15, -0.1) is 5.10 Å². The fraction of sp³-hybridized carbons (Fsp3) is 0.133. The SMILES string of the molecule is O=C(Cn1ccccc1=O)OCn1nnc2ccccc2c1=O. The van der Waals surface area contributed by atoms with Crippen LogP contribution in [0, 0.1) is 0 Å². The molecule has 0 fully saturated rings. The topological polar surface area (TPSA) is 96.1 Å². The highest BCUT2D eigenvalue weighted by Gasteiger charge is 2.09. The van der Waals surface area contributed by atoms with Crippen LogP contribution in [-0.4, -0.2) is 25.5 Å². The van der Waals surface area contributed by atoms with E-state index in [0.717, 1.165) is 4.68 Å². The summed E-state index contributed by atoms with van der Waals surface area (Å²) in [7, 11) is 0. The number of hydrogen-bond donors (Lipinski definition) is 0. The Labute approximate surface area is 129 Å². The van der Waals surface area contributed by atoms with Gasteiger partial charge in [0.2, 0.25) is 0 Å². The van der Waals surface area contributed by atoms with E-state index in [0.29, 0.717) is 10.9 Å². The Balaban J connectivity index is 1.72. The third-order valence-electron chi connectivity index (χ3n) is 3.18. The van der Waals surface area contributed by atoms with Crippen LogP contribution in [0.2, 0.25) is 0 Å². The van der Waals surface area contributed by atoms with Gasteiger partial charge >= 0.3 is 5.97 Å². The number of hydrogen-bond acceptors (Lipinski definition) is 6. The van der Waals surface area contributed by atoms with Gasteiger partial charge in [-0.2, -0.15) is 4.68 Å². The summed E-state index contributed by atoms with van der Waals surface area (Å²) in [5.41, 5.74) is -0.247. The van der Waals surface area contributed by atoms with Crippen LogP contribution >= 0.6 is 0 Å². The minimum Gasteiger partial charge on any atom is -0.441 e. The lowest BCUT2D eigenvalue weighted by atomic mass is 10.2. The number of nitrogens with zero attached hydrogens (tertiary/aromatic N) is 4. The van der Waals surface area contributed by atoms with Crippen LogP contribution in [0.4, 0.5) is 0 Å². The molecule has 2 aromatic heterocycles. The number of benzene rings is 1. The van der Waals surface area contributed by atoms with Crippen molar-refractivity contribution in [1.29, 1.82) is 0 Å². The standard InChI is InChI=1S/C15H12N4O4/c20-13-7-3-4-8-18(13)9-14(21)23-10-19-15(22)11-5-1-2-6-12(11)16-17-19/h1-8H,9-10H2. The van der Waals surface area contributed by atoms with Crippen molar-refractivity contribution >= 4 is 16.9 Å². The quantitative estimate of drug-likeness (QED) is 0.636. The van der Waals surface area contributed by atoms with E-state index in [1.165, 1.54) is 16.8 Å². The van der Waals surface area contributed by atoms with Gasteiger partial charge in [-0.05, 0) is 18.2 Å². The second-order valence-corrected chi connectivity index (χ2v) is 4.72. The van der Waals surface area contributed by atoms with Crippen molar-refractivity contribution in [2.24, 2.45) is 0 Å². The number of rotatable bonds is 4. The maximum atomic E-state index is 12.2. The third kappa shape index (κ3) is 3.15. The summed E-state index contributed by atoms with van der Waals surface area (Å²) in [5, 5.41) is 7.98. The number of carbonyl (C=O) groups is 1. The van der Waals surface area contributed by atoms with Gasteiger partial charge in [0.05, 0.1) is 5.39 Å². The monoisotopic (exact) mass is 312 g/mol. The predicted molar refractivity (Wildman–Crippen MR) is 80.6 cm³/mol. The Morgan fingerprint density at radius 3 is 2.70 bits per heavy atom. The largest absolute Gasteiger partial charge is 0.441 e. The van der Waals surface area contributed by atoms with Crippen LogP contribution < -0.4 is 11.1 Å². The van der Waals surface area contributed by atoms with Crippen LogP contribution in [0.25, 0.3) is 10.9 Å². The van der Waals surface area contributed by atoms with E-state index in [4.69, 9.17) is 4.74 Å². The van der Waals surface area contributed by atoms with Crippen molar-refractivity contribution in [3.05, 3.63) is 69.4 Å². The summed E-state index contributed by atoms with van der Waals surface area (Å²) in [6.45, 7) is -0.605. The van der Waals surface area contributed by atoms with Crippen molar-refractivity contribution < 1.29 is 9.53 Å². The average Bonchev–Trinajstić information content (AvgIpc) is 2.57. The first-order valence-corrected chi connectivity index (χ1v) is 6.79. The zero-order valence-electron chi connectivity index (χ0n) is 12.0. The first kappa shape index (κ1) is 14.6. The van der Waals surface area contributed by atoms with Gasteiger partial charge in [0.1, 0.15) is 12.1 Å². The second kappa shape index (κ2) is 6.22. The van der Waals surface area contributed by atoms with Crippen molar-refractivity contribution in [1.82, 2.24) is 19.6 Å². The van der Waals surface area contributed by atoms with Gasteiger partial charge < -0.3 is 9.30 Å². The molecule has 0 N–H and O–H groups in total. The van der Waals surface area contributed by atoms with E-state index in [-0.39, 0.29) is 18.8 Å². The molecule has 0 amide bonds. The molecule has 8 heteroatoms. The van der Waals surface area contributed by atoms with Crippen LogP contribution in [0.3, 0.4) is 0 Å². The number of ether oxygens (including phenoxy) is 1. The van der Waals surface area contributed by atoms with Crippen molar-refractivity contribution in [3.63, 3.8) is 0 Å². The molecular formula is C15H12N4O4. The number of esters is 1. The highest BCUT2D eigenvalue weighted by Crippen LogP contribution is 2.03. The minimum atomic E-state index is -0.653. The molecule has 0 bridgehead atoms. The normalized spacial score (nSPS) is 10.6. The summed E-state index contributed by atoms with van der Waals surface area (Å²) in [5.74, 6) is -0.653. The molecule has 3 rings (SSSR count). The Kier molecular flexibility index (Phi) is 3.96. The highest BCUT2D eigenvalue weighted by molar-refractivity contribution is 5.76. The van der Waals surface area contributed by atoms with E-state index >= 15 is 0 Å². The van der Waals surface area contributed by atoms with Crippen LogP contribution in [0.5, 0.6) is 0 Å². The number of carbonyl (C=O) groups excluding carboxylic acids is 1. The lowest BCUT2D eigenvalue weighted by molar-refractivity contribution is -0.148. The van der Waals surface area contributed by atoms with E-state index in [9.17, 15) is 14.4 Å². The molecule has 2 heterocycles. The maximum Gasteiger partial charge on any atom is 0.327 e. The van der Waals surface area contributed by atoms with E-state index < -0.39 is 11.5 Å². The van der Waals surface area contributed by atoms with Gasteiger partial charge in [0, 0.05) is 12.3 Å². The van der Waals surface area contributed by atoms with Gasteiger partial charge in [-0.3, -0.25) is 14.4 Å². The zero-order valence-corrected chi connectivity index (χ0v) is 12.0. The molecule has 0 aliphatic heterocycles. The Bertz CT molecular complexity index is 977. The minimum absolute atomic E-state index is 0.241. The molecule has 23 heavy (non-hydrogen) atoms. The number of pyridine rings is 1. The molecule has 0 atom stereocenters. The summed E-state index contributed by atoms with van der Waals surface area (Å²) in [6.07, 6.45) is 1.48. The Morgan fingerprint density at radius 1 is 1.09 bits per heavy atom. The fourth-order valence-corrected chi connectivity index (χ4v) is 2.02. The van der Waals surface area contributed by atoms with Gasteiger partial charge in [-0.1, -0.05) is 23.4 Å². The Morgan fingerprint density at radius 2 is 1.87 bits per heavy atom.